The van der Waals surface area contributed by atoms with Crippen LogP contribution in [0.5, 0.6) is 0 Å². The van der Waals surface area contributed by atoms with Crippen LogP contribution in [0.3, 0.4) is 0 Å². The molecule has 0 aliphatic carbocycles. The SMILES string of the molecule is C1=C(c2ccccc2)n2nnnc2N[C@@H]1c1ccccc1. The second-order valence-corrected chi connectivity index (χ2v) is 4.86. The van der Waals surface area contributed by atoms with Gasteiger partial charge >= 0.3 is 0 Å². The van der Waals surface area contributed by atoms with Crippen LogP contribution in [0.2, 0.25) is 0 Å². The van der Waals surface area contributed by atoms with E-state index < -0.39 is 0 Å². The van der Waals surface area contributed by atoms with E-state index in [1.165, 1.54) is 5.56 Å². The summed E-state index contributed by atoms with van der Waals surface area (Å²) in [4.78, 5) is 0. The highest BCUT2D eigenvalue weighted by Crippen LogP contribution is 2.30. The molecule has 4 rings (SSSR count). The summed E-state index contributed by atoms with van der Waals surface area (Å²) in [7, 11) is 0. The zero-order chi connectivity index (χ0) is 14.1. The largest absolute Gasteiger partial charge is 0.342 e. The van der Waals surface area contributed by atoms with Crippen LogP contribution in [-0.4, -0.2) is 20.2 Å². The van der Waals surface area contributed by atoms with Crippen LogP contribution in [0, 0.1) is 0 Å². The van der Waals surface area contributed by atoms with Crippen molar-refractivity contribution >= 4 is 11.6 Å². The maximum absolute atomic E-state index is 4.07. The fraction of sp³-hybridized carbons (Fsp3) is 0.0625. The smallest absolute Gasteiger partial charge is 0.248 e. The first-order valence-corrected chi connectivity index (χ1v) is 6.79. The van der Waals surface area contributed by atoms with E-state index in [9.17, 15) is 0 Å². The zero-order valence-corrected chi connectivity index (χ0v) is 11.2. The van der Waals surface area contributed by atoms with Gasteiger partial charge in [0.1, 0.15) is 0 Å². The molecule has 1 aliphatic heterocycles. The monoisotopic (exact) mass is 275 g/mol. The molecule has 5 heteroatoms. The van der Waals surface area contributed by atoms with Gasteiger partial charge in [-0.05, 0) is 22.1 Å². The van der Waals surface area contributed by atoms with E-state index in [-0.39, 0.29) is 6.04 Å². The van der Waals surface area contributed by atoms with Gasteiger partial charge in [-0.15, -0.1) is 0 Å². The minimum absolute atomic E-state index is 0.0555. The Labute approximate surface area is 121 Å². The molecular formula is C16H13N5. The maximum atomic E-state index is 4.07. The number of nitrogens with zero attached hydrogens (tertiary/aromatic N) is 4. The predicted molar refractivity (Wildman–Crippen MR) is 80.4 cm³/mol. The molecule has 0 unspecified atom stereocenters. The van der Waals surface area contributed by atoms with Crippen LogP contribution in [0.25, 0.3) is 5.70 Å². The first-order chi connectivity index (χ1) is 10.4. The van der Waals surface area contributed by atoms with Crippen molar-refractivity contribution in [3.05, 3.63) is 77.9 Å². The molecule has 5 nitrogen and oxygen atoms in total. The van der Waals surface area contributed by atoms with Crippen molar-refractivity contribution in [3.63, 3.8) is 0 Å². The number of rotatable bonds is 2. The minimum atomic E-state index is 0.0555. The van der Waals surface area contributed by atoms with Crippen LogP contribution in [0.1, 0.15) is 17.2 Å². The molecule has 2 aromatic carbocycles. The van der Waals surface area contributed by atoms with Crippen molar-refractivity contribution in [2.45, 2.75) is 6.04 Å². The summed E-state index contributed by atoms with van der Waals surface area (Å²) in [6.45, 7) is 0. The van der Waals surface area contributed by atoms with Crippen LogP contribution >= 0.6 is 0 Å². The van der Waals surface area contributed by atoms with Gasteiger partial charge in [-0.1, -0.05) is 65.8 Å². The Morgan fingerprint density at radius 1 is 0.905 bits per heavy atom. The lowest BCUT2D eigenvalue weighted by Crippen LogP contribution is -2.19. The van der Waals surface area contributed by atoms with Gasteiger partial charge in [-0.25, -0.2) is 0 Å². The molecule has 2 heterocycles. The van der Waals surface area contributed by atoms with Gasteiger partial charge in [0, 0.05) is 5.56 Å². The van der Waals surface area contributed by atoms with E-state index in [1.807, 2.05) is 36.4 Å². The number of hydrogen-bond donors (Lipinski definition) is 1. The number of nitrogens with one attached hydrogen (secondary N) is 1. The maximum Gasteiger partial charge on any atom is 0.248 e. The molecule has 1 N–H and O–H groups in total. The normalized spacial score (nSPS) is 16.8. The molecule has 0 bridgehead atoms. The first kappa shape index (κ1) is 11.8. The van der Waals surface area contributed by atoms with Crippen LogP contribution < -0.4 is 5.32 Å². The lowest BCUT2D eigenvalue weighted by atomic mass is 10.0. The average molecular weight is 275 g/mol. The third-order valence-electron chi connectivity index (χ3n) is 3.54. The van der Waals surface area contributed by atoms with E-state index in [2.05, 4.69) is 51.2 Å². The van der Waals surface area contributed by atoms with E-state index in [0.717, 1.165) is 11.3 Å². The average Bonchev–Trinajstić information content (AvgIpc) is 3.04. The highest BCUT2D eigenvalue weighted by atomic mass is 15.6. The van der Waals surface area contributed by atoms with E-state index in [4.69, 9.17) is 0 Å². The molecule has 102 valence electrons. The Balaban J connectivity index is 1.84. The molecule has 21 heavy (non-hydrogen) atoms. The number of aromatic nitrogens is 4. The third kappa shape index (κ3) is 2.08. The minimum Gasteiger partial charge on any atom is -0.342 e. The molecule has 0 fully saturated rings. The molecule has 3 aromatic rings. The summed E-state index contributed by atoms with van der Waals surface area (Å²) < 4.78 is 1.73. The van der Waals surface area contributed by atoms with Crippen molar-refractivity contribution in [2.24, 2.45) is 0 Å². The van der Waals surface area contributed by atoms with Crippen molar-refractivity contribution in [1.82, 2.24) is 20.2 Å². The fourth-order valence-corrected chi connectivity index (χ4v) is 2.52. The summed E-state index contributed by atoms with van der Waals surface area (Å²) >= 11 is 0. The van der Waals surface area contributed by atoms with Gasteiger partial charge in [0.05, 0.1) is 11.7 Å². The Morgan fingerprint density at radius 3 is 2.38 bits per heavy atom. The highest BCUT2D eigenvalue weighted by Gasteiger charge is 2.22. The number of fused-ring (bicyclic) bond motifs is 1. The van der Waals surface area contributed by atoms with E-state index >= 15 is 0 Å². The van der Waals surface area contributed by atoms with E-state index in [0.29, 0.717) is 5.95 Å². The summed E-state index contributed by atoms with van der Waals surface area (Å²) in [6, 6.07) is 20.5. The third-order valence-corrected chi connectivity index (χ3v) is 3.54. The molecule has 0 spiro atoms. The Hall–Kier alpha value is -2.95. The quantitative estimate of drug-likeness (QED) is 0.781. The molecular weight excluding hydrogens is 262 g/mol. The standard InChI is InChI=1S/C16H13N5/c1-3-7-12(8-4-1)14-11-15(13-9-5-2-6-10-13)21-16(17-14)18-19-20-21/h1-11,14H,(H,17,18,20)/t14-/m0/s1. The predicted octanol–water partition coefficient (Wildman–Crippen LogP) is 2.73. The van der Waals surface area contributed by atoms with Crippen molar-refractivity contribution < 1.29 is 0 Å². The molecule has 1 atom stereocenters. The summed E-state index contributed by atoms with van der Waals surface area (Å²) in [5, 5.41) is 15.2. The summed E-state index contributed by atoms with van der Waals surface area (Å²) in [5.74, 6) is 0.658. The summed E-state index contributed by atoms with van der Waals surface area (Å²) in [5.41, 5.74) is 3.26. The molecule has 0 saturated heterocycles. The van der Waals surface area contributed by atoms with Crippen molar-refractivity contribution in [3.8, 4) is 0 Å². The van der Waals surface area contributed by atoms with Gasteiger partial charge in [0.2, 0.25) is 5.95 Å². The van der Waals surface area contributed by atoms with Gasteiger partial charge in [-0.2, -0.15) is 4.68 Å². The van der Waals surface area contributed by atoms with E-state index in [1.54, 1.807) is 4.68 Å². The molecule has 0 amide bonds. The number of tetrazole rings is 1. The molecule has 0 saturated carbocycles. The lowest BCUT2D eigenvalue weighted by Gasteiger charge is -2.23. The van der Waals surface area contributed by atoms with Gasteiger partial charge < -0.3 is 5.32 Å². The van der Waals surface area contributed by atoms with Gasteiger partial charge in [0.25, 0.3) is 0 Å². The van der Waals surface area contributed by atoms with Crippen molar-refractivity contribution in [1.29, 1.82) is 0 Å². The highest BCUT2D eigenvalue weighted by molar-refractivity contribution is 5.71. The Bertz CT molecular complexity index is 777. The molecule has 1 aliphatic rings. The second kappa shape index (κ2) is 4.86. The molecule has 0 radical (unpaired) electrons. The lowest BCUT2D eigenvalue weighted by molar-refractivity contribution is 0.782. The van der Waals surface area contributed by atoms with Gasteiger partial charge in [0.15, 0.2) is 0 Å². The van der Waals surface area contributed by atoms with Crippen LogP contribution in [0.15, 0.2) is 66.7 Å². The van der Waals surface area contributed by atoms with Crippen LogP contribution in [0.4, 0.5) is 5.95 Å². The van der Waals surface area contributed by atoms with Gasteiger partial charge in [-0.3, -0.25) is 0 Å². The zero-order valence-electron chi connectivity index (χ0n) is 11.2. The topological polar surface area (TPSA) is 55.6 Å². The van der Waals surface area contributed by atoms with Crippen LogP contribution in [-0.2, 0) is 0 Å². The van der Waals surface area contributed by atoms with Crippen molar-refractivity contribution in [2.75, 3.05) is 5.32 Å². The second-order valence-electron chi connectivity index (χ2n) is 4.86. The molecule has 1 aromatic heterocycles. The summed E-state index contributed by atoms with van der Waals surface area (Å²) in [6.07, 6.45) is 2.15. The first-order valence-electron chi connectivity index (χ1n) is 6.79. The number of benzene rings is 2. The number of hydrogen-bond acceptors (Lipinski definition) is 4. The number of anilines is 1. The fourth-order valence-electron chi connectivity index (χ4n) is 2.52. The Morgan fingerprint density at radius 2 is 1.62 bits per heavy atom. The Kier molecular flexibility index (Phi) is 2.74.